The predicted molar refractivity (Wildman–Crippen MR) is 64.7 cm³/mol. The van der Waals surface area contributed by atoms with Crippen LogP contribution in [0.2, 0.25) is 0 Å². The molecule has 0 saturated carbocycles. The van der Waals surface area contributed by atoms with Crippen LogP contribution in [0.3, 0.4) is 0 Å². The number of rotatable bonds is 4. The maximum Gasteiger partial charge on any atom is 0.0523 e. The normalized spacial score (nSPS) is 18.5. The molecule has 0 radical (unpaired) electrons. The lowest BCUT2D eigenvalue weighted by Crippen LogP contribution is -2.34. The van der Waals surface area contributed by atoms with Crippen LogP contribution in [-0.2, 0) is 4.74 Å². The average molecular weight is 220 g/mol. The second-order valence-electron chi connectivity index (χ2n) is 4.91. The van der Waals surface area contributed by atoms with Gasteiger partial charge in [0.05, 0.1) is 19.8 Å². The third-order valence-corrected chi connectivity index (χ3v) is 3.46. The minimum absolute atomic E-state index is 0.217. The topological polar surface area (TPSA) is 29.5 Å². The predicted octanol–water partition coefficient (Wildman–Crippen LogP) is 2.53. The summed E-state index contributed by atoms with van der Waals surface area (Å²) in [4.78, 5) is 0. The molecule has 2 rings (SSSR count). The molecule has 1 unspecified atom stereocenters. The number of hydrogen-bond acceptors (Lipinski definition) is 2. The summed E-state index contributed by atoms with van der Waals surface area (Å²) < 4.78 is 5.19. The number of hydrogen-bond donors (Lipinski definition) is 1. The molecule has 88 valence electrons. The number of benzene rings is 1. The molecule has 1 aromatic rings. The van der Waals surface area contributed by atoms with E-state index in [1.54, 1.807) is 0 Å². The summed E-state index contributed by atoms with van der Waals surface area (Å²) in [6, 6.07) is 8.63. The van der Waals surface area contributed by atoms with Crippen LogP contribution >= 0.6 is 0 Å². The van der Waals surface area contributed by atoms with Gasteiger partial charge in [0.2, 0.25) is 0 Å². The molecular formula is C14H20O2. The first-order valence-corrected chi connectivity index (χ1v) is 6.01. The van der Waals surface area contributed by atoms with Gasteiger partial charge in [-0.3, -0.25) is 0 Å². The lowest BCUT2D eigenvalue weighted by molar-refractivity contribution is -0.0527. The van der Waals surface area contributed by atoms with Crippen LogP contribution in [0.25, 0.3) is 0 Å². The van der Waals surface area contributed by atoms with E-state index < -0.39 is 0 Å². The third kappa shape index (κ3) is 2.28. The molecular weight excluding hydrogens is 200 g/mol. The molecule has 1 aliphatic rings. The maximum atomic E-state index is 9.44. The molecule has 1 fully saturated rings. The summed E-state index contributed by atoms with van der Waals surface area (Å²) in [5.41, 5.74) is 2.59. The van der Waals surface area contributed by atoms with Gasteiger partial charge < -0.3 is 9.84 Å². The van der Waals surface area contributed by atoms with Gasteiger partial charge in [0.25, 0.3) is 0 Å². The molecule has 1 heterocycles. The highest BCUT2D eigenvalue weighted by molar-refractivity contribution is 5.28. The second kappa shape index (κ2) is 4.98. The van der Waals surface area contributed by atoms with Crippen molar-refractivity contribution in [3.8, 4) is 0 Å². The van der Waals surface area contributed by atoms with Gasteiger partial charge in [-0.15, -0.1) is 0 Å². The Bertz CT molecular complexity index is 325. The van der Waals surface area contributed by atoms with Crippen molar-refractivity contribution in [3.05, 3.63) is 35.4 Å². The van der Waals surface area contributed by atoms with Crippen LogP contribution in [0.1, 0.15) is 36.8 Å². The number of ether oxygens (including phenoxy) is 1. The molecule has 0 amide bonds. The Hall–Kier alpha value is -0.860. The smallest absolute Gasteiger partial charge is 0.0523 e. The van der Waals surface area contributed by atoms with E-state index in [9.17, 15) is 5.11 Å². The lowest BCUT2D eigenvalue weighted by atomic mass is 9.84. The van der Waals surface area contributed by atoms with E-state index in [4.69, 9.17) is 4.74 Å². The van der Waals surface area contributed by atoms with E-state index >= 15 is 0 Å². The van der Waals surface area contributed by atoms with E-state index in [1.807, 2.05) is 0 Å². The zero-order valence-corrected chi connectivity index (χ0v) is 10.0. The molecule has 0 aliphatic carbocycles. The summed E-state index contributed by atoms with van der Waals surface area (Å²) in [6.45, 7) is 6.18. The van der Waals surface area contributed by atoms with Crippen LogP contribution in [0.4, 0.5) is 0 Å². The van der Waals surface area contributed by atoms with Crippen molar-refractivity contribution in [2.45, 2.75) is 25.7 Å². The third-order valence-electron chi connectivity index (χ3n) is 3.46. The molecule has 2 nitrogen and oxygen atoms in total. The Kier molecular flexibility index (Phi) is 3.62. The molecule has 1 atom stereocenters. The van der Waals surface area contributed by atoms with E-state index in [0.717, 1.165) is 13.2 Å². The first kappa shape index (κ1) is 11.6. The molecule has 0 aromatic heterocycles. The van der Waals surface area contributed by atoms with Crippen LogP contribution in [0.15, 0.2) is 24.3 Å². The van der Waals surface area contributed by atoms with Crippen molar-refractivity contribution in [1.29, 1.82) is 0 Å². The molecule has 1 aromatic carbocycles. The first-order chi connectivity index (χ1) is 7.72. The lowest BCUT2D eigenvalue weighted by Gasteiger charge is -2.33. The van der Waals surface area contributed by atoms with Crippen LogP contribution in [-0.4, -0.2) is 24.9 Å². The highest BCUT2D eigenvalue weighted by Crippen LogP contribution is 2.30. The Labute approximate surface area is 97.3 Å². The van der Waals surface area contributed by atoms with E-state index in [1.165, 1.54) is 11.1 Å². The van der Waals surface area contributed by atoms with Gasteiger partial charge in [0, 0.05) is 11.8 Å². The minimum Gasteiger partial charge on any atom is -0.396 e. The van der Waals surface area contributed by atoms with E-state index in [-0.39, 0.29) is 12.5 Å². The van der Waals surface area contributed by atoms with Gasteiger partial charge in [-0.2, -0.15) is 0 Å². The Balaban J connectivity index is 2.12. The molecule has 0 bridgehead atoms. The van der Waals surface area contributed by atoms with Crippen LogP contribution in [0.5, 0.6) is 0 Å². The molecule has 1 saturated heterocycles. The highest BCUT2D eigenvalue weighted by Gasteiger charge is 2.28. The monoisotopic (exact) mass is 220 g/mol. The Morgan fingerprint density at radius 1 is 1.19 bits per heavy atom. The summed E-state index contributed by atoms with van der Waals surface area (Å²) in [6.07, 6.45) is 0. The van der Waals surface area contributed by atoms with Crippen molar-refractivity contribution in [1.82, 2.24) is 0 Å². The largest absolute Gasteiger partial charge is 0.396 e. The SMILES string of the molecule is CC(C)c1ccc(C(CO)C2COC2)cc1. The molecule has 1 aliphatic heterocycles. The van der Waals surface area contributed by atoms with E-state index in [0.29, 0.717) is 11.8 Å². The summed E-state index contributed by atoms with van der Waals surface area (Å²) in [5, 5.41) is 9.44. The summed E-state index contributed by atoms with van der Waals surface area (Å²) in [7, 11) is 0. The van der Waals surface area contributed by atoms with Crippen molar-refractivity contribution in [2.75, 3.05) is 19.8 Å². The highest BCUT2D eigenvalue weighted by atomic mass is 16.5. The fraction of sp³-hybridized carbons (Fsp3) is 0.571. The molecule has 16 heavy (non-hydrogen) atoms. The average Bonchev–Trinajstić information content (AvgIpc) is 2.23. The zero-order chi connectivity index (χ0) is 11.5. The van der Waals surface area contributed by atoms with Crippen LogP contribution < -0.4 is 0 Å². The summed E-state index contributed by atoms with van der Waals surface area (Å²) >= 11 is 0. The molecule has 1 N–H and O–H groups in total. The fourth-order valence-electron chi connectivity index (χ4n) is 2.14. The minimum atomic E-state index is 0.217. The van der Waals surface area contributed by atoms with Gasteiger partial charge in [0.15, 0.2) is 0 Å². The van der Waals surface area contributed by atoms with Crippen molar-refractivity contribution in [2.24, 2.45) is 5.92 Å². The standard InChI is InChI=1S/C14H20O2/c1-10(2)11-3-5-12(6-4-11)14(7-15)13-8-16-9-13/h3-6,10,13-15H,7-9H2,1-2H3. The van der Waals surface area contributed by atoms with Gasteiger partial charge >= 0.3 is 0 Å². The van der Waals surface area contributed by atoms with Gasteiger partial charge in [-0.05, 0) is 17.0 Å². The van der Waals surface area contributed by atoms with Crippen molar-refractivity contribution in [3.63, 3.8) is 0 Å². The summed E-state index contributed by atoms with van der Waals surface area (Å²) in [5.74, 6) is 1.30. The van der Waals surface area contributed by atoms with Gasteiger partial charge in [-0.25, -0.2) is 0 Å². The maximum absolute atomic E-state index is 9.44. The fourth-order valence-corrected chi connectivity index (χ4v) is 2.14. The number of aliphatic hydroxyl groups excluding tert-OH is 1. The quantitative estimate of drug-likeness (QED) is 0.845. The van der Waals surface area contributed by atoms with E-state index in [2.05, 4.69) is 38.1 Å². The Morgan fingerprint density at radius 3 is 2.12 bits per heavy atom. The first-order valence-electron chi connectivity index (χ1n) is 6.01. The molecule has 2 heteroatoms. The zero-order valence-electron chi connectivity index (χ0n) is 10.0. The van der Waals surface area contributed by atoms with Gasteiger partial charge in [-0.1, -0.05) is 38.1 Å². The Morgan fingerprint density at radius 2 is 1.75 bits per heavy atom. The van der Waals surface area contributed by atoms with Gasteiger partial charge in [0.1, 0.15) is 0 Å². The van der Waals surface area contributed by atoms with Crippen LogP contribution in [0, 0.1) is 5.92 Å². The number of aliphatic hydroxyl groups is 1. The van der Waals surface area contributed by atoms with Crippen molar-refractivity contribution < 1.29 is 9.84 Å². The molecule has 0 spiro atoms. The second-order valence-corrected chi connectivity index (χ2v) is 4.91. The van der Waals surface area contributed by atoms with Crippen molar-refractivity contribution >= 4 is 0 Å².